The van der Waals surface area contributed by atoms with E-state index in [1.807, 2.05) is 31.2 Å². The number of nitrogens with one attached hydrogen (secondary N) is 1. The summed E-state index contributed by atoms with van der Waals surface area (Å²) in [6, 6.07) is 13.9. The molecule has 0 saturated carbocycles. The van der Waals surface area contributed by atoms with Gasteiger partial charge < -0.3 is 5.32 Å². The van der Waals surface area contributed by atoms with Crippen LogP contribution >= 0.6 is 22.6 Å². The van der Waals surface area contributed by atoms with Crippen molar-refractivity contribution < 1.29 is 4.79 Å². The van der Waals surface area contributed by atoms with E-state index in [9.17, 15) is 4.79 Å². The molecule has 0 radical (unpaired) electrons. The van der Waals surface area contributed by atoms with Gasteiger partial charge >= 0.3 is 0 Å². The molecule has 20 heavy (non-hydrogen) atoms. The molecule has 0 aromatic heterocycles. The molecular formula is C17H18INO. The van der Waals surface area contributed by atoms with Crippen molar-refractivity contribution in [3.05, 3.63) is 68.3 Å². The largest absolute Gasteiger partial charge is 0.346 e. The molecule has 1 amide bonds. The molecule has 2 nitrogen and oxygen atoms in total. The second-order valence-corrected chi connectivity index (χ2v) is 6.31. The van der Waals surface area contributed by atoms with Crippen LogP contribution in [0.1, 0.15) is 40.0 Å². The zero-order chi connectivity index (χ0) is 14.7. The summed E-state index contributed by atoms with van der Waals surface area (Å²) in [5.41, 5.74) is 4.30. The lowest BCUT2D eigenvalue weighted by atomic mass is 10.00. The highest BCUT2D eigenvalue weighted by Gasteiger charge is 2.13. The highest BCUT2D eigenvalue weighted by atomic mass is 127. The van der Waals surface area contributed by atoms with Crippen LogP contribution in [0.3, 0.4) is 0 Å². The molecular weight excluding hydrogens is 361 g/mol. The van der Waals surface area contributed by atoms with Gasteiger partial charge in [-0.15, -0.1) is 0 Å². The number of hydrogen-bond acceptors (Lipinski definition) is 1. The Hall–Kier alpha value is -1.36. The Bertz CT molecular complexity index is 619. The van der Waals surface area contributed by atoms with Gasteiger partial charge in [-0.25, -0.2) is 0 Å². The molecule has 0 spiro atoms. The molecule has 1 atom stereocenters. The minimum Gasteiger partial charge on any atom is -0.346 e. The summed E-state index contributed by atoms with van der Waals surface area (Å²) in [4.78, 5) is 12.2. The first-order chi connectivity index (χ1) is 9.47. The lowest BCUT2D eigenvalue weighted by Crippen LogP contribution is -2.27. The Labute approximate surface area is 133 Å². The van der Waals surface area contributed by atoms with Gasteiger partial charge in [0.2, 0.25) is 0 Å². The van der Waals surface area contributed by atoms with E-state index in [-0.39, 0.29) is 11.9 Å². The zero-order valence-corrected chi connectivity index (χ0v) is 14.1. The quantitative estimate of drug-likeness (QED) is 0.787. The third kappa shape index (κ3) is 3.60. The summed E-state index contributed by atoms with van der Waals surface area (Å²) >= 11 is 2.23. The molecule has 1 N–H and O–H groups in total. The fourth-order valence-corrected chi connectivity index (χ4v) is 2.63. The minimum absolute atomic E-state index is 0.00220. The van der Waals surface area contributed by atoms with Gasteiger partial charge in [0, 0.05) is 9.13 Å². The smallest absolute Gasteiger partial charge is 0.251 e. The van der Waals surface area contributed by atoms with Crippen molar-refractivity contribution in [1.82, 2.24) is 5.32 Å². The highest BCUT2D eigenvalue weighted by Crippen LogP contribution is 2.19. The molecule has 2 aromatic carbocycles. The molecule has 0 aliphatic carbocycles. The van der Waals surface area contributed by atoms with Crippen LogP contribution in [0.25, 0.3) is 0 Å². The zero-order valence-electron chi connectivity index (χ0n) is 11.9. The summed E-state index contributed by atoms with van der Waals surface area (Å²) in [5.74, 6) is -0.0334. The maximum atomic E-state index is 12.2. The van der Waals surface area contributed by atoms with Crippen molar-refractivity contribution in [3.8, 4) is 0 Å². The average molecular weight is 379 g/mol. The maximum absolute atomic E-state index is 12.2. The maximum Gasteiger partial charge on any atom is 0.251 e. The van der Waals surface area contributed by atoms with Gasteiger partial charge in [-0.3, -0.25) is 4.79 Å². The molecule has 0 aliphatic heterocycles. The molecule has 0 heterocycles. The molecule has 0 saturated heterocycles. The van der Waals surface area contributed by atoms with E-state index in [4.69, 9.17) is 0 Å². The van der Waals surface area contributed by atoms with E-state index in [0.29, 0.717) is 5.56 Å². The van der Waals surface area contributed by atoms with Crippen molar-refractivity contribution >= 4 is 28.5 Å². The van der Waals surface area contributed by atoms with Crippen LogP contribution in [0.4, 0.5) is 0 Å². The minimum atomic E-state index is -0.0334. The standard InChI is InChI=1S/C17H18INO/c1-11-4-9-16(12(2)10-11)13(3)19-17(20)14-5-7-15(18)8-6-14/h4-10,13H,1-3H3,(H,19,20). The second-order valence-electron chi connectivity index (χ2n) is 5.06. The lowest BCUT2D eigenvalue weighted by Gasteiger charge is -2.17. The van der Waals surface area contributed by atoms with Crippen molar-refractivity contribution in [1.29, 1.82) is 0 Å². The van der Waals surface area contributed by atoms with E-state index in [1.54, 1.807) is 0 Å². The molecule has 104 valence electrons. The van der Waals surface area contributed by atoms with Crippen molar-refractivity contribution in [2.75, 3.05) is 0 Å². The van der Waals surface area contributed by atoms with Crippen molar-refractivity contribution in [3.63, 3.8) is 0 Å². The van der Waals surface area contributed by atoms with E-state index in [2.05, 4.69) is 60.0 Å². The summed E-state index contributed by atoms with van der Waals surface area (Å²) in [5, 5.41) is 3.05. The monoisotopic (exact) mass is 379 g/mol. The number of rotatable bonds is 3. The fraction of sp³-hybridized carbons (Fsp3) is 0.235. The predicted molar refractivity (Wildman–Crippen MR) is 91.0 cm³/mol. The Morgan fingerprint density at radius 3 is 2.35 bits per heavy atom. The number of carbonyl (C=O) groups excluding carboxylic acids is 1. The van der Waals surface area contributed by atoms with E-state index in [1.165, 1.54) is 11.1 Å². The van der Waals surface area contributed by atoms with Gasteiger partial charge in [0.05, 0.1) is 6.04 Å². The molecule has 2 rings (SSSR count). The van der Waals surface area contributed by atoms with Crippen molar-refractivity contribution in [2.45, 2.75) is 26.8 Å². The van der Waals surface area contributed by atoms with Crippen LogP contribution < -0.4 is 5.32 Å². The van der Waals surface area contributed by atoms with Crippen LogP contribution in [0.5, 0.6) is 0 Å². The second kappa shape index (κ2) is 6.39. The van der Waals surface area contributed by atoms with Gasteiger partial charge in [0.15, 0.2) is 0 Å². The first-order valence-electron chi connectivity index (χ1n) is 6.61. The number of benzene rings is 2. The summed E-state index contributed by atoms with van der Waals surface area (Å²) in [6.45, 7) is 6.17. The SMILES string of the molecule is Cc1ccc(C(C)NC(=O)c2ccc(I)cc2)c(C)c1. The van der Waals surface area contributed by atoms with Gasteiger partial charge in [-0.05, 0) is 78.8 Å². The predicted octanol–water partition coefficient (Wildman–Crippen LogP) is 4.40. The Kier molecular flexibility index (Phi) is 4.81. The highest BCUT2D eigenvalue weighted by molar-refractivity contribution is 14.1. The van der Waals surface area contributed by atoms with Gasteiger partial charge in [-0.2, -0.15) is 0 Å². The fourth-order valence-electron chi connectivity index (χ4n) is 2.27. The summed E-state index contributed by atoms with van der Waals surface area (Å²) < 4.78 is 1.13. The first-order valence-corrected chi connectivity index (χ1v) is 7.69. The normalized spacial score (nSPS) is 12.0. The van der Waals surface area contributed by atoms with E-state index >= 15 is 0 Å². The van der Waals surface area contributed by atoms with Crippen LogP contribution in [0, 0.1) is 17.4 Å². The van der Waals surface area contributed by atoms with Crippen LogP contribution in [0.2, 0.25) is 0 Å². The first kappa shape index (κ1) is 15.0. The van der Waals surface area contributed by atoms with Crippen LogP contribution in [0.15, 0.2) is 42.5 Å². The number of amides is 1. The summed E-state index contributed by atoms with van der Waals surface area (Å²) in [7, 11) is 0. The molecule has 0 fully saturated rings. The molecule has 2 aromatic rings. The number of halogens is 1. The lowest BCUT2D eigenvalue weighted by molar-refractivity contribution is 0.0940. The van der Waals surface area contributed by atoms with E-state index < -0.39 is 0 Å². The average Bonchev–Trinajstić information content (AvgIpc) is 2.39. The number of aryl methyl sites for hydroxylation is 2. The molecule has 1 unspecified atom stereocenters. The van der Waals surface area contributed by atoms with Gasteiger partial charge in [-0.1, -0.05) is 23.8 Å². The van der Waals surface area contributed by atoms with E-state index in [0.717, 1.165) is 9.13 Å². The molecule has 0 aliphatic rings. The van der Waals surface area contributed by atoms with Crippen molar-refractivity contribution in [2.24, 2.45) is 0 Å². The number of carbonyl (C=O) groups is 1. The van der Waals surface area contributed by atoms with Crippen LogP contribution in [-0.2, 0) is 0 Å². The Morgan fingerprint density at radius 1 is 1.10 bits per heavy atom. The molecule has 3 heteroatoms. The third-order valence-corrected chi connectivity index (χ3v) is 4.06. The summed E-state index contributed by atoms with van der Waals surface area (Å²) in [6.07, 6.45) is 0. The Morgan fingerprint density at radius 2 is 1.75 bits per heavy atom. The van der Waals surface area contributed by atoms with Crippen LogP contribution in [-0.4, -0.2) is 5.91 Å². The third-order valence-electron chi connectivity index (χ3n) is 3.35. The number of hydrogen-bond donors (Lipinski definition) is 1. The van der Waals surface area contributed by atoms with Gasteiger partial charge in [0.1, 0.15) is 0 Å². The Balaban J connectivity index is 2.12. The topological polar surface area (TPSA) is 29.1 Å². The van der Waals surface area contributed by atoms with Gasteiger partial charge in [0.25, 0.3) is 5.91 Å². The molecule has 0 bridgehead atoms.